The number of carbonyl (C=O) groups excluding carboxylic acids is 2. The number of nitrogens with one attached hydrogen (secondary N) is 2. The third-order valence-corrected chi connectivity index (χ3v) is 6.38. The minimum absolute atomic E-state index is 0.0802. The van der Waals surface area contributed by atoms with E-state index in [-0.39, 0.29) is 34.5 Å². The molecule has 0 radical (unpaired) electrons. The van der Waals surface area contributed by atoms with Crippen LogP contribution in [0.15, 0.2) is 29.1 Å². The van der Waals surface area contributed by atoms with E-state index in [9.17, 15) is 14.0 Å². The molecule has 2 amide bonds. The molecular weight excluding hydrogens is 482 g/mol. The summed E-state index contributed by atoms with van der Waals surface area (Å²) in [6, 6.07) is 3.10. The molecule has 0 bridgehead atoms. The molecule has 1 saturated heterocycles. The van der Waals surface area contributed by atoms with Crippen LogP contribution in [0.2, 0.25) is 5.02 Å². The van der Waals surface area contributed by atoms with Gasteiger partial charge in [-0.05, 0) is 64.7 Å². The number of halogens is 3. The first-order chi connectivity index (χ1) is 16.0. The molecule has 1 aromatic heterocycles. The maximum atomic E-state index is 14.4. The number of fused-ring (bicyclic) bond motifs is 1. The van der Waals surface area contributed by atoms with Crippen LogP contribution in [0, 0.1) is 0 Å². The van der Waals surface area contributed by atoms with Gasteiger partial charge in [0, 0.05) is 29.7 Å². The van der Waals surface area contributed by atoms with Crippen LogP contribution < -0.4 is 5.32 Å². The highest BCUT2D eigenvalue weighted by atomic mass is 35.5. The fourth-order valence-electron chi connectivity index (χ4n) is 4.05. The van der Waals surface area contributed by atoms with Crippen LogP contribution in [0.25, 0.3) is 16.6 Å². The summed E-state index contributed by atoms with van der Waals surface area (Å²) in [5.74, 6) is -0.429. The summed E-state index contributed by atoms with van der Waals surface area (Å²) in [5.41, 5.74) is 0.995. The summed E-state index contributed by atoms with van der Waals surface area (Å²) in [5, 5.41) is 3.68. The van der Waals surface area contributed by atoms with Gasteiger partial charge in [0.2, 0.25) is 0 Å². The van der Waals surface area contributed by atoms with E-state index in [1.54, 1.807) is 17.0 Å². The number of amides is 2. The molecule has 1 aromatic carbocycles. The van der Waals surface area contributed by atoms with Crippen LogP contribution in [-0.4, -0.2) is 51.6 Å². The van der Waals surface area contributed by atoms with E-state index in [1.165, 1.54) is 6.08 Å². The third-order valence-electron chi connectivity index (χ3n) is 5.72. The lowest BCUT2D eigenvalue weighted by Crippen LogP contribution is -2.47. The Hall–Kier alpha value is -2.58. The molecule has 182 valence electrons. The minimum atomic E-state index is -0.548. The maximum absolute atomic E-state index is 14.4. The summed E-state index contributed by atoms with van der Waals surface area (Å²) >= 11 is 12.6. The zero-order valence-corrected chi connectivity index (χ0v) is 20.8. The van der Waals surface area contributed by atoms with Crippen LogP contribution in [0.5, 0.6) is 0 Å². The van der Waals surface area contributed by atoms with Gasteiger partial charge in [0.25, 0.3) is 5.91 Å². The van der Waals surface area contributed by atoms with Gasteiger partial charge >= 0.3 is 6.09 Å². The topological polar surface area (TPSA) is 87.3 Å². The van der Waals surface area contributed by atoms with Crippen molar-refractivity contribution < 1.29 is 18.7 Å². The van der Waals surface area contributed by atoms with Gasteiger partial charge in [-0.2, -0.15) is 0 Å². The van der Waals surface area contributed by atoms with E-state index in [2.05, 4.69) is 15.3 Å². The monoisotopic (exact) mass is 508 g/mol. The van der Waals surface area contributed by atoms with Gasteiger partial charge in [0.1, 0.15) is 22.8 Å². The summed E-state index contributed by atoms with van der Waals surface area (Å²) in [6.45, 7) is 6.49. The van der Waals surface area contributed by atoms with E-state index < -0.39 is 11.4 Å². The van der Waals surface area contributed by atoms with E-state index in [0.29, 0.717) is 60.4 Å². The molecule has 0 saturated carbocycles. The molecule has 0 unspecified atom stereocenters. The standard InChI is InChI=1S/C24H27Cl2FN4O3/c1-24(2,3)34-23(33)31-9-7-14(8-10-31)28-22(32)13-11-16(26)20-18(12-13)29-21(30-20)19-15(25)5-4-6-17(19)27/h6,11-12,14H,4-5,7-10H2,1-3H3,(H,28,32)(H,29,30). The van der Waals surface area contributed by atoms with Crippen molar-refractivity contribution in [2.75, 3.05) is 13.1 Å². The third kappa shape index (κ3) is 5.39. The van der Waals surface area contributed by atoms with Crippen molar-refractivity contribution in [2.24, 2.45) is 0 Å². The van der Waals surface area contributed by atoms with Gasteiger partial charge in [-0.25, -0.2) is 14.2 Å². The predicted octanol–water partition coefficient (Wildman–Crippen LogP) is 5.94. The number of H-pyrrole nitrogens is 1. The van der Waals surface area contributed by atoms with Crippen molar-refractivity contribution in [3.63, 3.8) is 0 Å². The molecule has 1 fully saturated rings. The molecule has 1 aliphatic heterocycles. The second-order valence-corrected chi connectivity index (χ2v) is 10.4. The number of imidazole rings is 1. The van der Waals surface area contributed by atoms with E-state index in [0.717, 1.165) is 0 Å². The molecule has 10 heteroatoms. The number of carbonyl (C=O) groups is 2. The summed E-state index contributed by atoms with van der Waals surface area (Å²) in [6.07, 6.45) is 3.44. The number of aromatic amines is 1. The molecule has 7 nitrogen and oxygen atoms in total. The Bertz CT molecular complexity index is 1190. The first-order valence-electron chi connectivity index (χ1n) is 11.2. The summed E-state index contributed by atoms with van der Waals surface area (Å²) in [7, 11) is 0. The Kier molecular flexibility index (Phi) is 6.92. The first kappa shape index (κ1) is 24.5. The lowest BCUT2D eigenvalue weighted by molar-refractivity contribution is 0.0199. The number of rotatable bonds is 3. The number of benzene rings is 1. The van der Waals surface area contributed by atoms with Gasteiger partial charge in [-0.3, -0.25) is 4.79 Å². The average molecular weight is 509 g/mol. The summed E-state index contributed by atoms with van der Waals surface area (Å²) < 4.78 is 19.8. The van der Waals surface area contributed by atoms with Crippen LogP contribution >= 0.6 is 23.2 Å². The van der Waals surface area contributed by atoms with Crippen LogP contribution in [0.4, 0.5) is 9.18 Å². The van der Waals surface area contributed by atoms with Crippen molar-refractivity contribution >= 4 is 51.8 Å². The fraction of sp³-hybridized carbons (Fsp3) is 0.458. The highest BCUT2D eigenvalue weighted by molar-refractivity contribution is 6.35. The number of allylic oxidation sites excluding steroid dienone is 4. The van der Waals surface area contributed by atoms with Gasteiger partial charge < -0.3 is 19.9 Å². The number of hydrogen-bond donors (Lipinski definition) is 2. The Morgan fingerprint density at radius 1 is 1.24 bits per heavy atom. The quantitative estimate of drug-likeness (QED) is 0.536. The van der Waals surface area contributed by atoms with Gasteiger partial charge in [-0.15, -0.1) is 0 Å². The zero-order chi connectivity index (χ0) is 24.6. The molecule has 34 heavy (non-hydrogen) atoms. The van der Waals surface area contributed by atoms with Crippen molar-refractivity contribution in [3.05, 3.63) is 45.5 Å². The maximum Gasteiger partial charge on any atom is 0.410 e. The lowest BCUT2D eigenvalue weighted by Gasteiger charge is -2.33. The highest BCUT2D eigenvalue weighted by Gasteiger charge is 2.28. The van der Waals surface area contributed by atoms with Gasteiger partial charge in [0.15, 0.2) is 0 Å². The van der Waals surface area contributed by atoms with Crippen molar-refractivity contribution in [1.82, 2.24) is 20.2 Å². The van der Waals surface area contributed by atoms with Crippen LogP contribution in [0.3, 0.4) is 0 Å². The zero-order valence-electron chi connectivity index (χ0n) is 19.3. The van der Waals surface area contributed by atoms with Crippen LogP contribution in [0.1, 0.15) is 62.6 Å². The SMILES string of the molecule is CC(C)(C)OC(=O)N1CCC(NC(=O)c2cc(Cl)c3nc(C4=C(Cl)CCC=C4F)[nH]c3c2)CC1. The molecule has 1 aliphatic carbocycles. The Morgan fingerprint density at radius 2 is 1.94 bits per heavy atom. The fourth-order valence-corrected chi connectivity index (χ4v) is 4.60. The van der Waals surface area contributed by atoms with E-state index in [1.807, 2.05) is 20.8 Å². The summed E-state index contributed by atoms with van der Waals surface area (Å²) in [4.78, 5) is 34.3. The first-order valence-corrected chi connectivity index (χ1v) is 12.0. The second-order valence-electron chi connectivity index (χ2n) is 9.53. The van der Waals surface area contributed by atoms with Crippen LogP contribution in [-0.2, 0) is 4.74 Å². The van der Waals surface area contributed by atoms with Gasteiger partial charge in [-0.1, -0.05) is 23.2 Å². The van der Waals surface area contributed by atoms with Crippen molar-refractivity contribution in [2.45, 2.75) is 58.1 Å². The smallest absolute Gasteiger partial charge is 0.410 e. The average Bonchev–Trinajstić information content (AvgIpc) is 3.17. The number of hydrogen-bond acceptors (Lipinski definition) is 4. The molecular formula is C24H27Cl2FN4O3. The molecule has 2 heterocycles. The minimum Gasteiger partial charge on any atom is -0.444 e. The normalized spacial score (nSPS) is 17.7. The highest BCUT2D eigenvalue weighted by Crippen LogP contribution is 2.36. The van der Waals surface area contributed by atoms with Crippen molar-refractivity contribution in [3.8, 4) is 0 Å². The molecule has 2 N–H and O–H groups in total. The second kappa shape index (κ2) is 9.58. The molecule has 0 atom stereocenters. The Balaban J connectivity index is 1.45. The largest absolute Gasteiger partial charge is 0.444 e. The van der Waals surface area contributed by atoms with E-state index in [4.69, 9.17) is 27.9 Å². The number of ether oxygens (including phenoxy) is 1. The number of piperidine rings is 1. The predicted molar refractivity (Wildman–Crippen MR) is 131 cm³/mol. The van der Waals surface area contributed by atoms with Crippen molar-refractivity contribution in [1.29, 1.82) is 0 Å². The number of aromatic nitrogens is 2. The Morgan fingerprint density at radius 3 is 2.59 bits per heavy atom. The van der Waals surface area contributed by atoms with Gasteiger partial charge in [0.05, 0.1) is 16.1 Å². The number of likely N-dealkylation sites (tertiary alicyclic amines) is 1. The molecule has 2 aliphatic rings. The molecule has 4 rings (SSSR count). The molecule has 2 aromatic rings. The molecule has 0 spiro atoms. The number of nitrogens with zero attached hydrogens (tertiary/aromatic N) is 2. The van der Waals surface area contributed by atoms with E-state index >= 15 is 0 Å². The lowest BCUT2D eigenvalue weighted by atomic mass is 10.0. The Labute approximate surface area is 207 Å².